The molecule has 1 aromatic heterocycles. The fraction of sp³-hybridized carbons (Fsp3) is 0.333. The third-order valence-corrected chi connectivity index (χ3v) is 3.73. The average Bonchev–Trinajstić information content (AvgIpc) is 2.85. The van der Waals surface area contributed by atoms with Gasteiger partial charge in [-0.05, 0) is 44.9 Å². The van der Waals surface area contributed by atoms with Gasteiger partial charge in [-0.15, -0.1) is 0 Å². The summed E-state index contributed by atoms with van der Waals surface area (Å²) in [6.07, 6.45) is 1.28. The number of hydrogen-bond acceptors (Lipinski definition) is 4. The van der Waals surface area contributed by atoms with Crippen molar-refractivity contribution in [1.29, 1.82) is 0 Å². The van der Waals surface area contributed by atoms with Crippen molar-refractivity contribution < 1.29 is 9.72 Å². The number of carbonyl (C=O) groups excluding carboxylic acids is 1. The number of nitrogens with zero attached hydrogens (tertiary/aromatic N) is 3. The monoisotopic (exact) mass is 302 g/mol. The van der Waals surface area contributed by atoms with Gasteiger partial charge < -0.3 is 5.32 Å². The van der Waals surface area contributed by atoms with Crippen molar-refractivity contribution in [3.63, 3.8) is 0 Å². The second-order valence-corrected chi connectivity index (χ2v) is 5.25. The summed E-state index contributed by atoms with van der Waals surface area (Å²) >= 11 is 0. The SMILES string of the molecule is Cc1cccc(NC(=O)C(C)n2cc([N+](=O)[O-])c(C)n2)c1C. The molecule has 0 aliphatic carbocycles. The summed E-state index contributed by atoms with van der Waals surface area (Å²) < 4.78 is 1.31. The second-order valence-electron chi connectivity index (χ2n) is 5.25. The van der Waals surface area contributed by atoms with Gasteiger partial charge in [0.05, 0.1) is 4.92 Å². The molecule has 0 bridgehead atoms. The number of aryl methyl sites for hydroxylation is 2. The van der Waals surface area contributed by atoms with E-state index in [-0.39, 0.29) is 17.3 Å². The number of hydrogen-bond donors (Lipinski definition) is 1. The number of amides is 1. The molecule has 1 aromatic carbocycles. The van der Waals surface area contributed by atoms with E-state index >= 15 is 0 Å². The van der Waals surface area contributed by atoms with Crippen LogP contribution in [0, 0.1) is 30.9 Å². The highest BCUT2D eigenvalue weighted by atomic mass is 16.6. The first kappa shape index (κ1) is 15.7. The molecule has 22 heavy (non-hydrogen) atoms. The molecule has 1 amide bonds. The zero-order valence-electron chi connectivity index (χ0n) is 13.0. The zero-order valence-corrected chi connectivity index (χ0v) is 13.0. The molecule has 0 saturated heterocycles. The Kier molecular flexibility index (Phi) is 4.25. The Bertz CT molecular complexity index is 736. The standard InChI is InChI=1S/C15H18N4O3/c1-9-6-5-7-13(10(9)2)16-15(20)12(4)18-8-14(19(21)22)11(3)17-18/h5-8,12H,1-4H3,(H,16,20). The molecule has 0 spiro atoms. The minimum absolute atomic E-state index is 0.0913. The lowest BCUT2D eigenvalue weighted by Gasteiger charge is -2.14. The van der Waals surface area contributed by atoms with Crippen LogP contribution >= 0.6 is 0 Å². The van der Waals surface area contributed by atoms with Crippen molar-refractivity contribution in [2.45, 2.75) is 33.7 Å². The predicted octanol–water partition coefficient (Wildman–Crippen LogP) is 2.92. The number of benzene rings is 1. The number of nitro groups is 1. The van der Waals surface area contributed by atoms with Gasteiger partial charge in [0, 0.05) is 5.69 Å². The molecule has 116 valence electrons. The Balaban J connectivity index is 2.21. The number of nitrogens with one attached hydrogen (secondary N) is 1. The van der Waals surface area contributed by atoms with E-state index in [1.165, 1.54) is 10.9 Å². The summed E-state index contributed by atoms with van der Waals surface area (Å²) in [5, 5.41) is 17.7. The summed E-state index contributed by atoms with van der Waals surface area (Å²) in [6.45, 7) is 7.09. The lowest BCUT2D eigenvalue weighted by molar-refractivity contribution is -0.385. The van der Waals surface area contributed by atoms with Crippen LogP contribution in [0.4, 0.5) is 11.4 Å². The molecule has 1 unspecified atom stereocenters. The molecule has 0 fully saturated rings. The van der Waals surface area contributed by atoms with Gasteiger partial charge in [-0.2, -0.15) is 5.10 Å². The Hall–Kier alpha value is -2.70. The van der Waals surface area contributed by atoms with Gasteiger partial charge in [-0.3, -0.25) is 19.6 Å². The van der Waals surface area contributed by atoms with E-state index in [4.69, 9.17) is 0 Å². The topological polar surface area (TPSA) is 90.1 Å². The predicted molar refractivity (Wildman–Crippen MR) is 82.9 cm³/mol. The summed E-state index contributed by atoms with van der Waals surface area (Å²) in [5.74, 6) is -0.272. The second kappa shape index (κ2) is 5.97. The molecule has 0 aliphatic rings. The van der Waals surface area contributed by atoms with Crippen LogP contribution in [0.5, 0.6) is 0 Å². The van der Waals surface area contributed by atoms with E-state index in [2.05, 4.69) is 10.4 Å². The maximum atomic E-state index is 12.3. The Labute approximate surface area is 128 Å². The summed E-state index contributed by atoms with van der Waals surface area (Å²) in [4.78, 5) is 22.7. The molecule has 2 aromatic rings. The van der Waals surface area contributed by atoms with Crippen molar-refractivity contribution in [3.8, 4) is 0 Å². The van der Waals surface area contributed by atoms with Crippen LogP contribution < -0.4 is 5.32 Å². The molecule has 1 atom stereocenters. The number of aromatic nitrogens is 2. The highest BCUT2D eigenvalue weighted by molar-refractivity contribution is 5.94. The van der Waals surface area contributed by atoms with Gasteiger partial charge >= 0.3 is 5.69 Å². The van der Waals surface area contributed by atoms with E-state index in [0.717, 1.165) is 16.8 Å². The first-order valence-electron chi connectivity index (χ1n) is 6.88. The number of rotatable bonds is 4. The largest absolute Gasteiger partial charge is 0.324 e. The Morgan fingerprint density at radius 2 is 2.05 bits per heavy atom. The zero-order chi connectivity index (χ0) is 16.4. The third-order valence-electron chi connectivity index (χ3n) is 3.73. The highest BCUT2D eigenvalue weighted by Gasteiger charge is 2.22. The number of carbonyl (C=O) groups is 1. The molecule has 1 heterocycles. The van der Waals surface area contributed by atoms with E-state index in [1.54, 1.807) is 13.8 Å². The van der Waals surface area contributed by atoms with Crippen LogP contribution in [0.25, 0.3) is 0 Å². The maximum absolute atomic E-state index is 12.3. The molecule has 0 radical (unpaired) electrons. The average molecular weight is 302 g/mol. The van der Waals surface area contributed by atoms with Gasteiger partial charge in [0.1, 0.15) is 17.9 Å². The van der Waals surface area contributed by atoms with E-state index in [9.17, 15) is 14.9 Å². The van der Waals surface area contributed by atoms with Crippen molar-refractivity contribution in [2.24, 2.45) is 0 Å². The normalized spacial score (nSPS) is 12.0. The maximum Gasteiger partial charge on any atom is 0.309 e. The van der Waals surface area contributed by atoms with Gasteiger partial charge in [-0.1, -0.05) is 12.1 Å². The Morgan fingerprint density at radius 3 is 2.64 bits per heavy atom. The fourth-order valence-electron chi connectivity index (χ4n) is 2.09. The first-order valence-corrected chi connectivity index (χ1v) is 6.88. The van der Waals surface area contributed by atoms with Crippen LogP contribution in [0.1, 0.15) is 29.8 Å². The van der Waals surface area contributed by atoms with Crippen molar-refractivity contribution >= 4 is 17.3 Å². The fourth-order valence-corrected chi connectivity index (χ4v) is 2.09. The number of anilines is 1. The van der Waals surface area contributed by atoms with Crippen LogP contribution in [0.2, 0.25) is 0 Å². The third kappa shape index (κ3) is 2.98. The Morgan fingerprint density at radius 1 is 1.36 bits per heavy atom. The van der Waals surface area contributed by atoms with Gasteiger partial charge in [0.25, 0.3) is 0 Å². The van der Waals surface area contributed by atoms with Crippen LogP contribution in [0.3, 0.4) is 0 Å². The molecule has 0 saturated carbocycles. The van der Waals surface area contributed by atoms with Crippen LogP contribution in [0.15, 0.2) is 24.4 Å². The lowest BCUT2D eigenvalue weighted by atomic mass is 10.1. The van der Waals surface area contributed by atoms with E-state index < -0.39 is 11.0 Å². The summed E-state index contributed by atoms with van der Waals surface area (Å²) in [6, 6.07) is 5.01. The molecular formula is C15H18N4O3. The smallest absolute Gasteiger partial charge is 0.309 e. The minimum atomic E-state index is -0.646. The molecular weight excluding hydrogens is 284 g/mol. The van der Waals surface area contributed by atoms with Crippen molar-refractivity contribution in [1.82, 2.24) is 9.78 Å². The van der Waals surface area contributed by atoms with E-state index in [0.29, 0.717) is 0 Å². The first-order chi connectivity index (χ1) is 10.3. The van der Waals surface area contributed by atoms with Crippen LogP contribution in [-0.2, 0) is 4.79 Å². The summed E-state index contributed by atoms with van der Waals surface area (Å²) in [7, 11) is 0. The highest BCUT2D eigenvalue weighted by Crippen LogP contribution is 2.21. The van der Waals surface area contributed by atoms with E-state index in [1.807, 2.05) is 32.0 Å². The van der Waals surface area contributed by atoms with Crippen molar-refractivity contribution in [3.05, 3.63) is 51.3 Å². The van der Waals surface area contributed by atoms with Crippen molar-refractivity contribution in [2.75, 3.05) is 5.32 Å². The molecule has 0 aliphatic heterocycles. The quantitative estimate of drug-likeness (QED) is 0.694. The molecule has 7 nitrogen and oxygen atoms in total. The summed E-state index contributed by atoms with van der Waals surface area (Å²) in [5.41, 5.74) is 3.00. The van der Waals surface area contributed by atoms with Crippen LogP contribution in [-0.4, -0.2) is 20.6 Å². The molecule has 2 rings (SSSR count). The lowest BCUT2D eigenvalue weighted by Crippen LogP contribution is -2.24. The van der Waals surface area contributed by atoms with Gasteiger partial charge in [0.2, 0.25) is 5.91 Å². The minimum Gasteiger partial charge on any atom is -0.324 e. The van der Waals surface area contributed by atoms with Gasteiger partial charge in [-0.25, -0.2) is 0 Å². The molecule has 1 N–H and O–H groups in total. The molecule has 7 heteroatoms. The van der Waals surface area contributed by atoms with Gasteiger partial charge in [0.15, 0.2) is 0 Å².